The van der Waals surface area contributed by atoms with Crippen molar-refractivity contribution < 1.29 is 4.74 Å². The van der Waals surface area contributed by atoms with Crippen molar-refractivity contribution in [3.63, 3.8) is 0 Å². The third kappa shape index (κ3) is 1.86. The first kappa shape index (κ1) is 12.9. The van der Waals surface area contributed by atoms with Gasteiger partial charge in [0.05, 0.1) is 11.8 Å². The molecule has 2 aliphatic carbocycles. The molecule has 23 heavy (non-hydrogen) atoms. The highest BCUT2D eigenvalue weighted by Crippen LogP contribution is 2.35. The maximum absolute atomic E-state index is 13.0. The number of fused-ring (bicyclic) bond motifs is 5. The van der Waals surface area contributed by atoms with Gasteiger partial charge in [-0.15, -0.1) is 0 Å². The summed E-state index contributed by atoms with van der Waals surface area (Å²) in [6, 6.07) is 3.81. The highest BCUT2D eigenvalue weighted by atomic mass is 16.5. The summed E-state index contributed by atoms with van der Waals surface area (Å²) in [5.41, 5.74) is 4.29. The Balaban J connectivity index is 1.75. The molecule has 2 atom stereocenters. The summed E-state index contributed by atoms with van der Waals surface area (Å²) in [5, 5.41) is 0.787. The van der Waals surface area contributed by atoms with Crippen LogP contribution in [-0.2, 0) is 19.3 Å². The lowest BCUT2D eigenvalue weighted by Crippen LogP contribution is -2.29. The summed E-state index contributed by atoms with van der Waals surface area (Å²) in [6.45, 7) is 0. The van der Waals surface area contributed by atoms with Crippen molar-refractivity contribution in [2.75, 3.05) is 0 Å². The van der Waals surface area contributed by atoms with Crippen LogP contribution in [0.5, 0.6) is 5.75 Å². The van der Waals surface area contributed by atoms with Gasteiger partial charge in [-0.1, -0.05) is 24.3 Å². The van der Waals surface area contributed by atoms with Crippen LogP contribution in [0.4, 0.5) is 0 Å². The summed E-state index contributed by atoms with van der Waals surface area (Å²) in [6.07, 6.45) is 15.0. The molecule has 0 saturated heterocycles. The zero-order valence-corrected chi connectivity index (χ0v) is 12.7. The van der Waals surface area contributed by atoms with Crippen LogP contribution in [0, 0.1) is 11.8 Å². The van der Waals surface area contributed by atoms with E-state index in [1.807, 2.05) is 18.2 Å². The largest absolute Gasteiger partial charge is 0.465 e. The predicted molar refractivity (Wildman–Crippen MR) is 90.7 cm³/mol. The van der Waals surface area contributed by atoms with E-state index in [1.165, 1.54) is 0 Å². The molecule has 0 bridgehead atoms. The van der Waals surface area contributed by atoms with Crippen LogP contribution >= 0.6 is 0 Å². The van der Waals surface area contributed by atoms with E-state index in [-0.39, 0.29) is 5.43 Å². The Hall–Kier alpha value is -2.55. The second kappa shape index (κ2) is 4.72. The third-order valence-electron chi connectivity index (χ3n) is 5.30. The van der Waals surface area contributed by atoms with Gasteiger partial charge in [0.2, 0.25) is 0 Å². The highest BCUT2D eigenvalue weighted by molar-refractivity contribution is 5.85. The van der Waals surface area contributed by atoms with E-state index >= 15 is 0 Å². The van der Waals surface area contributed by atoms with Crippen molar-refractivity contribution in [1.82, 2.24) is 4.98 Å². The van der Waals surface area contributed by atoms with Gasteiger partial charge in [0.25, 0.3) is 0 Å². The smallest absolute Gasteiger partial charge is 0.192 e. The molecule has 1 aromatic heterocycles. The molecular formula is C20H17NO2. The van der Waals surface area contributed by atoms with Gasteiger partial charge in [-0.3, -0.25) is 4.79 Å². The lowest BCUT2D eigenvalue weighted by Gasteiger charge is -2.30. The third-order valence-corrected chi connectivity index (χ3v) is 5.30. The van der Waals surface area contributed by atoms with E-state index in [0.29, 0.717) is 11.8 Å². The van der Waals surface area contributed by atoms with Gasteiger partial charge in [-0.2, -0.15) is 0 Å². The fourth-order valence-corrected chi connectivity index (χ4v) is 4.09. The van der Waals surface area contributed by atoms with Crippen LogP contribution in [0.3, 0.4) is 0 Å². The van der Waals surface area contributed by atoms with Gasteiger partial charge in [0.15, 0.2) is 5.43 Å². The van der Waals surface area contributed by atoms with Crippen LogP contribution in [0.25, 0.3) is 10.9 Å². The number of ether oxygens (including phenoxy) is 1. The second-order valence-corrected chi connectivity index (χ2v) is 6.58. The summed E-state index contributed by atoms with van der Waals surface area (Å²) >= 11 is 0. The van der Waals surface area contributed by atoms with E-state index in [1.54, 1.807) is 6.26 Å². The van der Waals surface area contributed by atoms with Crippen molar-refractivity contribution in [1.29, 1.82) is 0 Å². The molecule has 2 aromatic rings. The molecule has 5 rings (SSSR count). The Kier molecular flexibility index (Phi) is 2.66. The van der Waals surface area contributed by atoms with E-state index in [9.17, 15) is 4.79 Å². The number of pyridine rings is 1. The van der Waals surface area contributed by atoms with Crippen LogP contribution in [-0.4, -0.2) is 4.98 Å². The van der Waals surface area contributed by atoms with Gasteiger partial charge < -0.3 is 9.72 Å². The molecule has 0 spiro atoms. The Labute approximate surface area is 134 Å². The fraction of sp³-hybridized carbons (Fsp3) is 0.250. The number of allylic oxidation sites excluding steroid dienone is 5. The standard InChI is InChI=1S/C20H17NO2/c22-20-15-7-8-18-14(6-3-9-23-18)19(15)21-17-11-13-5-2-1-4-12(13)10-16(17)20/h1-5,7-9,12-13H,6,10-11H2,(H,21,22). The summed E-state index contributed by atoms with van der Waals surface area (Å²) in [5.74, 6) is 1.80. The van der Waals surface area contributed by atoms with Crippen molar-refractivity contribution in [2.45, 2.75) is 19.3 Å². The van der Waals surface area contributed by atoms with Crippen molar-refractivity contribution in [3.8, 4) is 5.75 Å². The number of aromatic nitrogens is 1. The monoisotopic (exact) mass is 303 g/mol. The Morgan fingerprint density at radius 3 is 2.74 bits per heavy atom. The topological polar surface area (TPSA) is 42.1 Å². The molecule has 0 amide bonds. The molecule has 3 aliphatic rings. The molecule has 2 heterocycles. The van der Waals surface area contributed by atoms with Gasteiger partial charge in [0, 0.05) is 22.2 Å². The van der Waals surface area contributed by atoms with E-state index in [4.69, 9.17) is 4.74 Å². The van der Waals surface area contributed by atoms with Crippen LogP contribution in [0.15, 0.2) is 53.6 Å². The lowest BCUT2D eigenvalue weighted by molar-refractivity contribution is 0.430. The molecule has 0 saturated carbocycles. The number of benzene rings is 1. The predicted octanol–water partition coefficient (Wildman–Crippen LogP) is 3.43. The lowest BCUT2D eigenvalue weighted by atomic mass is 9.75. The number of nitrogens with one attached hydrogen (secondary N) is 1. The first-order valence-electron chi connectivity index (χ1n) is 8.17. The highest BCUT2D eigenvalue weighted by Gasteiger charge is 2.29. The Morgan fingerprint density at radius 2 is 1.87 bits per heavy atom. The second-order valence-electron chi connectivity index (χ2n) is 6.58. The maximum Gasteiger partial charge on any atom is 0.192 e. The van der Waals surface area contributed by atoms with Crippen molar-refractivity contribution in [3.05, 3.63) is 75.8 Å². The minimum Gasteiger partial charge on any atom is -0.465 e. The first-order valence-corrected chi connectivity index (χ1v) is 8.17. The number of H-pyrrole nitrogens is 1. The van der Waals surface area contributed by atoms with Gasteiger partial charge in [-0.25, -0.2) is 0 Å². The number of hydrogen-bond donors (Lipinski definition) is 1. The average molecular weight is 303 g/mol. The zero-order valence-electron chi connectivity index (χ0n) is 12.7. The van der Waals surface area contributed by atoms with Crippen LogP contribution < -0.4 is 10.2 Å². The number of aromatic amines is 1. The van der Waals surface area contributed by atoms with Crippen LogP contribution in [0.1, 0.15) is 16.8 Å². The molecule has 3 nitrogen and oxygen atoms in total. The van der Waals surface area contributed by atoms with Gasteiger partial charge in [-0.05, 0) is 49.3 Å². The summed E-state index contributed by atoms with van der Waals surface area (Å²) in [7, 11) is 0. The summed E-state index contributed by atoms with van der Waals surface area (Å²) < 4.78 is 5.58. The molecular weight excluding hydrogens is 286 g/mol. The molecule has 0 fully saturated rings. The molecule has 1 aliphatic heterocycles. The SMILES string of the molecule is O=c1c2c([nH]c3c4c(ccc13)OC=CC4)CC1C=CC=CC1C2. The molecule has 2 unspecified atom stereocenters. The molecule has 1 aromatic carbocycles. The number of rotatable bonds is 0. The van der Waals surface area contributed by atoms with Gasteiger partial charge in [0.1, 0.15) is 5.75 Å². The van der Waals surface area contributed by atoms with Crippen molar-refractivity contribution in [2.24, 2.45) is 11.8 Å². The quantitative estimate of drug-likeness (QED) is 0.810. The van der Waals surface area contributed by atoms with E-state index < -0.39 is 0 Å². The van der Waals surface area contributed by atoms with Gasteiger partial charge >= 0.3 is 0 Å². The minimum absolute atomic E-state index is 0.188. The number of hydrogen-bond acceptors (Lipinski definition) is 2. The minimum atomic E-state index is 0.188. The average Bonchev–Trinajstić information content (AvgIpc) is 2.60. The zero-order chi connectivity index (χ0) is 15.4. The van der Waals surface area contributed by atoms with E-state index in [2.05, 4.69) is 29.3 Å². The Morgan fingerprint density at radius 1 is 1.04 bits per heavy atom. The first-order chi connectivity index (χ1) is 11.3. The normalized spacial score (nSPS) is 24.0. The van der Waals surface area contributed by atoms with Crippen LogP contribution in [0.2, 0.25) is 0 Å². The molecule has 0 radical (unpaired) electrons. The molecule has 1 N–H and O–H groups in total. The molecule has 3 heteroatoms. The summed E-state index contributed by atoms with van der Waals surface area (Å²) in [4.78, 5) is 16.6. The van der Waals surface area contributed by atoms with Crippen molar-refractivity contribution >= 4 is 10.9 Å². The fourth-order valence-electron chi connectivity index (χ4n) is 4.09. The van der Waals surface area contributed by atoms with E-state index in [0.717, 1.165) is 52.7 Å². The Bertz CT molecular complexity index is 962. The maximum atomic E-state index is 13.0. The molecule has 114 valence electrons.